The third-order valence-corrected chi connectivity index (χ3v) is 3.32. The standard InChI is InChI=1S/C17H15FO3/c18-14-4-1-3-12(9-14)10-15(19)13-5-6-16-17(11-13)21-8-2-7-20-16/h1,3-6,9,11H,2,7-8,10H2. The van der Waals surface area contributed by atoms with E-state index < -0.39 is 0 Å². The predicted molar refractivity (Wildman–Crippen MR) is 76.5 cm³/mol. The zero-order valence-electron chi connectivity index (χ0n) is 11.5. The minimum absolute atomic E-state index is 0.0729. The largest absolute Gasteiger partial charge is 0.490 e. The summed E-state index contributed by atoms with van der Waals surface area (Å²) in [6.45, 7) is 1.19. The molecule has 1 aliphatic rings. The molecule has 4 heteroatoms. The van der Waals surface area contributed by atoms with Crippen molar-refractivity contribution in [3.8, 4) is 11.5 Å². The molecule has 0 unspecified atom stereocenters. The maximum Gasteiger partial charge on any atom is 0.167 e. The van der Waals surface area contributed by atoms with E-state index in [-0.39, 0.29) is 18.0 Å². The molecule has 0 spiro atoms. The monoisotopic (exact) mass is 286 g/mol. The third-order valence-electron chi connectivity index (χ3n) is 3.32. The summed E-state index contributed by atoms with van der Waals surface area (Å²) in [6.07, 6.45) is 0.985. The van der Waals surface area contributed by atoms with Crippen molar-refractivity contribution in [1.82, 2.24) is 0 Å². The number of ether oxygens (including phenoxy) is 2. The van der Waals surface area contributed by atoms with Gasteiger partial charge in [-0.05, 0) is 35.9 Å². The van der Waals surface area contributed by atoms with E-state index in [4.69, 9.17) is 9.47 Å². The molecular formula is C17H15FO3. The van der Waals surface area contributed by atoms with Gasteiger partial charge in [0.1, 0.15) is 5.82 Å². The van der Waals surface area contributed by atoms with Crippen LogP contribution in [0.2, 0.25) is 0 Å². The first-order valence-corrected chi connectivity index (χ1v) is 6.90. The molecular weight excluding hydrogens is 271 g/mol. The Kier molecular flexibility index (Phi) is 3.86. The van der Waals surface area contributed by atoms with Gasteiger partial charge in [0.2, 0.25) is 0 Å². The number of hydrogen-bond acceptors (Lipinski definition) is 3. The number of carbonyl (C=O) groups is 1. The fourth-order valence-electron chi connectivity index (χ4n) is 2.27. The zero-order valence-corrected chi connectivity index (χ0v) is 11.5. The first kappa shape index (κ1) is 13.6. The molecule has 1 heterocycles. The maximum atomic E-state index is 13.1. The predicted octanol–water partition coefficient (Wildman–Crippen LogP) is 3.41. The molecule has 0 amide bonds. The highest BCUT2D eigenvalue weighted by molar-refractivity contribution is 5.98. The summed E-state index contributed by atoms with van der Waals surface area (Å²) >= 11 is 0. The van der Waals surface area contributed by atoms with Gasteiger partial charge in [-0.15, -0.1) is 0 Å². The molecule has 2 aromatic rings. The Balaban J connectivity index is 1.80. The van der Waals surface area contributed by atoms with Crippen LogP contribution in [0.1, 0.15) is 22.3 Å². The number of benzene rings is 2. The number of Topliss-reactive ketones (excluding diaryl/α,β-unsaturated/α-hetero) is 1. The van der Waals surface area contributed by atoms with Gasteiger partial charge in [-0.1, -0.05) is 12.1 Å². The fraction of sp³-hybridized carbons (Fsp3) is 0.235. The highest BCUT2D eigenvalue weighted by Gasteiger charge is 2.14. The molecule has 0 saturated carbocycles. The molecule has 0 aromatic heterocycles. The van der Waals surface area contributed by atoms with Crippen molar-refractivity contribution in [3.63, 3.8) is 0 Å². The Hall–Kier alpha value is -2.36. The molecule has 3 nitrogen and oxygen atoms in total. The van der Waals surface area contributed by atoms with Gasteiger partial charge in [0.15, 0.2) is 17.3 Å². The van der Waals surface area contributed by atoms with Crippen molar-refractivity contribution in [2.75, 3.05) is 13.2 Å². The lowest BCUT2D eigenvalue weighted by Gasteiger charge is -2.09. The molecule has 0 atom stereocenters. The summed E-state index contributed by atoms with van der Waals surface area (Å²) in [7, 11) is 0. The van der Waals surface area contributed by atoms with Gasteiger partial charge in [-0.25, -0.2) is 4.39 Å². The van der Waals surface area contributed by atoms with Gasteiger partial charge in [-0.3, -0.25) is 4.79 Å². The normalized spacial score (nSPS) is 13.6. The van der Waals surface area contributed by atoms with Crippen LogP contribution >= 0.6 is 0 Å². The molecule has 0 saturated heterocycles. The second-order valence-electron chi connectivity index (χ2n) is 4.94. The number of hydrogen-bond donors (Lipinski definition) is 0. The second kappa shape index (κ2) is 5.95. The molecule has 21 heavy (non-hydrogen) atoms. The highest BCUT2D eigenvalue weighted by atomic mass is 19.1. The molecule has 3 rings (SSSR count). The van der Waals surface area contributed by atoms with Crippen molar-refractivity contribution in [2.24, 2.45) is 0 Å². The number of ketones is 1. The fourth-order valence-corrected chi connectivity index (χ4v) is 2.27. The quantitative estimate of drug-likeness (QED) is 0.811. The SMILES string of the molecule is O=C(Cc1cccc(F)c1)c1ccc2c(c1)OCCCO2. The smallest absolute Gasteiger partial charge is 0.167 e. The lowest BCUT2D eigenvalue weighted by Crippen LogP contribution is -2.04. The first-order valence-electron chi connectivity index (χ1n) is 6.90. The van der Waals surface area contributed by atoms with Crippen LogP contribution < -0.4 is 9.47 Å². The second-order valence-corrected chi connectivity index (χ2v) is 4.94. The van der Waals surface area contributed by atoms with E-state index in [1.165, 1.54) is 12.1 Å². The van der Waals surface area contributed by atoms with Crippen molar-refractivity contribution >= 4 is 5.78 Å². The van der Waals surface area contributed by atoms with E-state index in [9.17, 15) is 9.18 Å². The molecule has 2 aromatic carbocycles. The van der Waals surface area contributed by atoms with Crippen molar-refractivity contribution < 1.29 is 18.7 Å². The summed E-state index contributed by atoms with van der Waals surface area (Å²) in [6, 6.07) is 11.2. The molecule has 0 fully saturated rings. The number of fused-ring (bicyclic) bond motifs is 1. The molecule has 0 radical (unpaired) electrons. The molecule has 0 bridgehead atoms. The van der Waals surface area contributed by atoms with E-state index in [1.54, 1.807) is 30.3 Å². The van der Waals surface area contributed by atoms with Gasteiger partial charge in [-0.2, -0.15) is 0 Å². The third kappa shape index (κ3) is 3.21. The van der Waals surface area contributed by atoms with Crippen molar-refractivity contribution in [1.29, 1.82) is 0 Å². The molecule has 1 aliphatic heterocycles. The highest BCUT2D eigenvalue weighted by Crippen LogP contribution is 2.30. The van der Waals surface area contributed by atoms with Crippen LogP contribution in [-0.2, 0) is 6.42 Å². The Morgan fingerprint density at radius 3 is 2.67 bits per heavy atom. The Morgan fingerprint density at radius 1 is 1.05 bits per heavy atom. The lowest BCUT2D eigenvalue weighted by molar-refractivity contribution is 0.0992. The summed E-state index contributed by atoms with van der Waals surface area (Å²) in [5.74, 6) is 0.850. The topological polar surface area (TPSA) is 35.5 Å². The maximum absolute atomic E-state index is 13.1. The number of carbonyl (C=O) groups excluding carboxylic acids is 1. The van der Waals surface area contributed by atoms with Crippen LogP contribution in [0.15, 0.2) is 42.5 Å². The molecule has 108 valence electrons. The molecule has 0 N–H and O–H groups in total. The van der Waals surface area contributed by atoms with Gasteiger partial charge in [0, 0.05) is 18.4 Å². The van der Waals surface area contributed by atoms with Crippen LogP contribution in [0.3, 0.4) is 0 Å². The molecule has 0 aliphatic carbocycles. The number of halogens is 1. The summed E-state index contributed by atoms with van der Waals surface area (Å²) in [4.78, 5) is 12.3. The number of rotatable bonds is 3. The Morgan fingerprint density at radius 2 is 1.86 bits per heavy atom. The summed E-state index contributed by atoms with van der Waals surface area (Å²) in [5, 5.41) is 0. The van der Waals surface area contributed by atoms with Crippen LogP contribution in [0, 0.1) is 5.82 Å². The lowest BCUT2D eigenvalue weighted by atomic mass is 10.0. The average Bonchev–Trinajstić information content (AvgIpc) is 2.71. The van der Waals surface area contributed by atoms with Gasteiger partial charge in [0.25, 0.3) is 0 Å². The van der Waals surface area contributed by atoms with E-state index in [1.807, 2.05) is 0 Å². The van der Waals surface area contributed by atoms with E-state index in [2.05, 4.69) is 0 Å². The average molecular weight is 286 g/mol. The van der Waals surface area contributed by atoms with E-state index >= 15 is 0 Å². The Labute approximate surface area is 122 Å². The van der Waals surface area contributed by atoms with Crippen LogP contribution in [0.4, 0.5) is 4.39 Å². The van der Waals surface area contributed by atoms with Gasteiger partial charge < -0.3 is 9.47 Å². The minimum Gasteiger partial charge on any atom is -0.490 e. The van der Waals surface area contributed by atoms with Crippen LogP contribution in [0.25, 0.3) is 0 Å². The first-order chi connectivity index (χ1) is 10.2. The summed E-state index contributed by atoms with van der Waals surface area (Å²) in [5.41, 5.74) is 1.20. The van der Waals surface area contributed by atoms with Crippen LogP contribution in [-0.4, -0.2) is 19.0 Å². The van der Waals surface area contributed by atoms with Gasteiger partial charge >= 0.3 is 0 Å². The van der Waals surface area contributed by atoms with Crippen molar-refractivity contribution in [3.05, 3.63) is 59.4 Å². The van der Waals surface area contributed by atoms with E-state index in [0.29, 0.717) is 35.8 Å². The van der Waals surface area contributed by atoms with Crippen LogP contribution in [0.5, 0.6) is 11.5 Å². The minimum atomic E-state index is -0.334. The van der Waals surface area contributed by atoms with E-state index in [0.717, 1.165) is 6.42 Å². The van der Waals surface area contributed by atoms with Crippen molar-refractivity contribution in [2.45, 2.75) is 12.8 Å². The van der Waals surface area contributed by atoms with Gasteiger partial charge in [0.05, 0.1) is 13.2 Å². The summed E-state index contributed by atoms with van der Waals surface area (Å²) < 4.78 is 24.2. The zero-order chi connectivity index (χ0) is 14.7. The Bertz CT molecular complexity index is 667.